The van der Waals surface area contributed by atoms with Crippen LogP contribution in [0.25, 0.3) is 0 Å². The third kappa shape index (κ3) is 3.64. The van der Waals surface area contributed by atoms with E-state index < -0.39 is 0 Å². The highest BCUT2D eigenvalue weighted by atomic mass is 16.1. The fourth-order valence-corrected chi connectivity index (χ4v) is 0.304. The van der Waals surface area contributed by atoms with Gasteiger partial charge in [-0.3, -0.25) is 9.79 Å². The molecule has 0 amide bonds. The van der Waals surface area contributed by atoms with Gasteiger partial charge in [-0.1, -0.05) is 0 Å². The molecule has 2 nitrogen and oxygen atoms in total. The molecule has 0 N–H and O–H groups in total. The van der Waals surface area contributed by atoms with E-state index in [1.165, 1.54) is 6.92 Å². The lowest BCUT2D eigenvalue weighted by molar-refractivity contribution is -0.113. The average molecular weight is 125 g/mol. The largest absolute Gasteiger partial charge is 0.297 e. The lowest BCUT2D eigenvalue weighted by Gasteiger charge is -1.86. The molecule has 0 aromatic heterocycles. The molecule has 0 unspecified atom stereocenters. The van der Waals surface area contributed by atoms with Gasteiger partial charge in [-0.25, -0.2) is 0 Å². The summed E-state index contributed by atoms with van der Waals surface area (Å²) in [4.78, 5) is 14.2. The minimum Gasteiger partial charge on any atom is -0.297 e. The summed E-state index contributed by atoms with van der Waals surface area (Å²) >= 11 is 0. The molecule has 0 fully saturated rings. The molecule has 0 spiro atoms. The Labute approximate surface area is 55.3 Å². The van der Waals surface area contributed by atoms with Gasteiger partial charge in [0.2, 0.25) is 0 Å². The molecule has 0 saturated heterocycles. The smallest absolute Gasteiger partial charge is 0.155 e. The predicted octanol–water partition coefficient (Wildman–Crippen LogP) is 1.22. The van der Waals surface area contributed by atoms with Crippen molar-refractivity contribution in [1.82, 2.24) is 0 Å². The van der Waals surface area contributed by atoms with E-state index in [9.17, 15) is 4.79 Å². The van der Waals surface area contributed by atoms with E-state index in [-0.39, 0.29) is 5.78 Å². The second-order valence-electron chi connectivity index (χ2n) is 1.81. The zero-order chi connectivity index (χ0) is 7.28. The van der Waals surface area contributed by atoms with Gasteiger partial charge in [0, 0.05) is 13.3 Å². The first-order valence-corrected chi connectivity index (χ1v) is 2.78. The van der Waals surface area contributed by atoms with Gasteiger partial charge in [-0.2, -0.15) is 0 Å². The fraction of sp³-hybridized carbons (Fsp3) is 0.429. The summed E-state index contributed by atoms with van der Waals surface area (Å²) in [6.07, 6.45) is 3.30. The second kappa shape index (κ2) is 4.01. The fourth-order valence-electron chi connectivity index (χ4n) is 0.304. The number of allylic oxidation sites excluding steroid dienone is 2. The van der Waals surface area contributed by atoms with Crippen molar-refractivity contribution in [3.8, 4) is 0 Å². The van der Waals surface area contributed by atoms with E-state index >= 15 is 0 Å². The van der Waals surface area contributed by atoms with Gasteiger partial charge in [0.1, 0.15) is 0 Å². The highest BCUT2D eigenvalue weighted by molar-refractivity contribution is 5.96. The van der Waals surface area contributed by atoms with Crippen molar-refractivity contribution < 1.29 is 4.79 Å². The van der Waals surface area contributed by atoms with Gasteiger partial charge in [-0.05, 0) is 25.5 Å². The number of Topliss-reactive ketones (excluding diaryl/α,β-unsaturated/α-hetero) is 1. The molecular formula is C7H11NO. The van der Waals surface area contributed by atoms with Crippen molar-refractivity contribution in [2.45, 2.75) is 13.8 Å². The third-order valence-corrected chi connectivity index (χ3v) is 1.03. The summed E-state index contributed by atoms with van der Waals surface area (Å²) < 4.78 is 0. The van der Waals surface area contributed by atoms with E-state index in [2.05, 4.69) is 4.99 Å². The molecule has 0 radical (unpaired) electrons. The minimum absolute atomic E-state index is 0.0925. The van der Waals surface area contributed by atoms with Crippen LogP contribution in [0.2, 0.25) is 0 Å². The Bertz CT molecular complexity index is 156. The van der Waals surface area contributed by atoms with E-state index in [1.807, 2.05) is 0 Å². The van der Waals surface area contributed by atoms with Crippen molar-refractivity contribution in [3.63, 3.8) is 0 Å². The number of carbonyl (C=O) groups excluding carboxylic acids is 1. The Morgan fingerprint density at radius 2 is 2.00 bits per heavy atom. The van der Waals surface area contributed by atoms with Crippen molar-refractivity contribution in [1.29, 1.82) is 0 Å². The van der Waals surface area contributed by atoms with E-state index in [0.29, 0.717) is 0 Å². The number of ketones is 1. The summed E-state index contributed by atoms with van der Waals surface area (Å²) in [6.45, 7) is 3.30. The highest BCUT2D eigenvalue weighted by Crippen LogP contribution is 1.90. The Morgan fingerprint density at radius 3 is 2.33 bits per heavy atom. The van der Waals surface area contributed by atoms with Gasteiger partial charge in [0.25, 0.3) is 0 Å². The average Bonchev–Trinajstić information content (AvgIpc) is 1.82. The van der Waals surface area contributed by atoms with Crippen LogP contribution in [0.5, 0.6) is 0 Å². The molecule has 0 saturated carbocycles. The van der Waals surface area contributed by atoms with Crippen LogP contribution in [0.15, 0.2) is 16.6 Å². The zero-order valence-electron chi connectivity index (χ0n) is 6.01. The summed E-state index contributed by atoms with van der Waals surface area (Å²) in [6, 6.07) is 0. The van der Waals surface area contributed by atoms with E-state index in [4.69, 9.17) is 0 Å². The Hall–Kier alpha value is -0.920. The molecular weight excluding hydrogens is 114 g/mol. The molecule has 0 aromatic carbocycles. The van der Waals surface area contributed by atoms with Crippen LogP contribution in [-0.4, -0.2) is 19.0 Å². The van der Waals surface area contributed by atoms with E-state index in [0.717, 1.165) is 5.57 Å². The summed E-state index contributed by atoms with van der Waals surface area (Å²) in [7, 11) is 1.67. The number of hydrogen-bond donors (Lipinski definition) is 0. The number of rotatable bonds is 2. The van der Waals surface area contributed by atoms with E-state index in [1.54, 1.807) is 26.3 Å². The zero-order valence-corrected chi connectivity index (χ0v) is 6.01. The molecule has 0 aromatic rings. The maximum Gasteiger partial charge on any atom is 0.155 e. The molecule has 0 bridgehead atoms. The van der Waals surface area contributed by atoms with Crippen LogP contribution >= 0.6 is 0 Å². The van der Waals surface area contributed by atoms with Crippen molar-refractivity contribution >= 4 is 12.0 Å². The molecule has 0 atom stereocenters. The van der Waals surface area contributed by atoms with Crippen LogP contribution < -0.4 is 0 Å². The first-order chi connectivity index (χ1) is 4.18. The van der Waals surface area contributed by atoms with Gasteiger partial charge >= 0.3 is 0 Å². The normalized spacial score (nSPS) is 12.6. The molecule has 2 heteroatoms. The lowest BCUT2D eigenvalue weighted by Crippen LogP contribution is -1.90. The molecule has 50 valence electrons. The van der Waals surface area contributed by atoms with Crippen LogP contribution in [0.1, 0.15) is 13.8 Å². The first-order valence-electron chi connectivity index (χ1n) is 2.78. The Balaban J connectivity index is 4.00. The maximum absolute atomic E-state index is 10.5. The highest BCUT2D eigenvalue weighted by Gasteiger charge is 1.90. The number of aliphatic imine (C=N–C) groups is 1. The Kier molecular flexibility index (Phi) is 3.60. The molecule has 0 rings (SSSR count). The van der Waals surface area contributed by atoms with Gasteiger partial charge < -0.3 is 0 Å². The standard InChI is InChI=1S/C7H11NO/c1-6(7(2)9)4-5-8-3/h4-5H,1-3H3/b6-4+,8-5?. The van der Waals surface area contributed by atoms with Crippen LogP contribution in [0.4, 0.5) is 0 Å². The van der Waals surface area contributed by atoms with Crippen molar-refractivity contribution in [2.75, 3.05) is 7.05 Å². The minimum atomic E-state index is 0.0925. The van der Waals surface area contributed by atoms with Crippen LogP contribution in [-0.2, 0) is 4.79 Å². The number of carbonyl (C=O) groups is 1. The monoisotopic (exact) mass is 125 g/mol. The van der Waals surface area contributed by atoms with Gasteiger partial charge in [0.05, 0.1) is 0 Å². The van der Waals surface area contributed by atoms with Gasteiger partial charge in [0.15, 0.2) is 5.78 Å². The predicted molar refractivity (Wildman–Crippen MR) is 38.9 cm³/mol. The number of hydrogen-bond acceptors (Lipinski definition) is 2. The SMILES string of the molecule is CN=C/C=C(\C)C(C)=O. The maximum atomic E-state index is 10.5. The second-order valence-corrected chi connectivity index (χ2v) is 1.81. The lowest BCUT2D eigenvalue weighted by atomic mass is 10.2. The first kappa shape index (κ1) is 8.08. The van der Waals surface area contributed by atoms with Crippen molar-refractivity contribution in [2.24, 2.45) is 4.99 Å². The summed E-state index contributed by atoms with van der Waals surface area (Å²) in [5, 5.41) is 0. The molecule has 0 aliphatic rings. The molecule has 0 heterocycles. The topological polar surface area (TPSA) is 29.4 Å². The van der Waals surface area contributed by atoms with Gasteiger partial charge in [-0.15, -0.1) is 0 Å². The number of nitrogens with zero attached hydrogens (tertiary/aromatic N) is 1. The summed E-state index contributed by atoms with van der Waals surface area (Å²) in [5.74, 6) is 0.0925. The van der Waals surface area contributed by atoms with Crippen LogP contribution in [0.3, 0.4) is 0 Å². The molecule has 0 aliphatic carbocycles. The summed E-state index contributed by atoms with van der Waals surface area (Å²) in [5.41, 5.74) is 0.737. The Morgan fingerprint density at radius 1 is 1.44 bits per heavy atom. The molecule has 0 aliphatic heterocycles. The van der Waals surface area contributed by atoms with Crippen molar-refractivity contribution in [3.05, 3.63) is 11.6 Å². The third-order valence-electron chi connectivity index (χ3n) is 1.03. The molecule has 9 heavy (non-hydrogen) atoms. The quantitative estimate of drug-likeness (QED) is 0.403. The van der Waals surface area contributed by atoms with Crippen LogP contribution in [0, 0.1) is 0 Å².